The molecular weight excluding hydrogens is 975 g/mol. The van der Waals surface area contributed by atoms with E-state index in [0.717, 1.165) is 133 Å². The molecule has 13 rings (SSSR count). The van der Waals surface area contributed by atoms with Crippen molar-refractivity contribution in [2.75, 3.05) is 0 Å². The van der Waals surface area contributed by atoms with Gasteiger partial charge >= 0.3 is 0 Å². The lowest BCUT2D eigenvalue weighted by molar-refractivity contribution is 1.16. The number of fused-ring (bicyclic) bond motifs is 6. The van der Waals surface area contributed by atoms with Gasteiger partial charge in [-0.3, -0.25) is 0 Å². The van der Waals surface area contributed by atoms with Crippen LogP contribution in [0.5, 0.6) is 0 Å². The van der Waals surface area contributed by atoms with E-state index >= 15 is 0 Å². The Morgan fingerprint density at radius 1 is 0.350 bits per heavy atom. The molecule has 0 spiro atoms. The van der Waals surface area contributed by atoms with E-state index in [1.54, 1.807) is 0 Å². The van der Waals surface area contributed by atoms with E-state index in [1.165, 1.54) is 0 Å². The fourth-order valence-corrected chi connectivity index (χ4v) is 11.7. The number of hydrogen-bond acceptors (Lipinski definition) is 2. The van der Waals surface area contributed by atoms with Crippen molar-refractivity contribution >= 4 is 60.7 Å². The van der Waals surface area contributed by atoms with Gasteiger partial charge in [0.15, 0.2) is 17.1 Å². The minimum atomic E-state index is 0.482. The van der Waals surface area contributed by atoms with Crippen LogP contribution in [0.1, 0.15) is 22.3 Å². The van der Waals surface area contributed by atoms with Crippen LogP contribution in [0, 0.1) is 56.2 Å². The first-order valence-corrected chi connectivity index (χ1v) is 26.1. The highest BCUT2D eigenvalue weighted by atomic mass is 15.0. The molecule has 11 aromatic carbocycles. The van der Waals surface area contributed by atoms with Crippen molar-refractivity contribution in [3.05, 3.63) is 281 Å². The van der Waals surface area contributed by atoms with Crippen molar-refractivity contribution in [2.45, 2.75) is 13.8 Å². The lowest BCUT2D eigenvalue weighted by Gasteiger charge is -2.23. The van der Waals surface area contributed by atoms with Crippen LogP contribution >= 0.6 is 0 Å². The molecule has 80 heavy (non-hydrogen) atoms. The number of hydrogen-bond donors (Lipinski definition) is 0. The fraction of sp³-hybridized carbons (Fsp3) is 0.0274. The first kappa shape index (κ1) is 48.1. The van der Waals surface area contributed by atoms with Gasteiger partial charge in [-0.25, -0.2) is 14.5 Å². The summed E-state index contributed by atoms with van der Waals surface area (Å²) in [6.07, 6.45) is 0. The Hall–Kier alpha value is -11.5. The smallest absolute Gasteiger partial charge is 0.197 e. The van der Waals surface area contributed by atoms with Crippen LogP contribution in [0.2, 0.25) is 0 Å². The largest absolute Gasteiger partial charge is 0.310 e. The van der Waals surface area contributed by atoms with Crippen molar-refractivity contribution in [2.24, 2.45) is 0 Å². The van der Waals surface area contributed by atoms with Crippen LogP contribution in [0.3, 0.4) is 0 Å². The lowest BCUT2D eigenvalue weighted by Crippen LogP contribution is -2.04. The lowest BCUT2D eigenvalue weighted by atomic mass is 9.88. The van der Waals surface area contributed by atoms with Gasteiger partial charge in [-0.15, -0.1) is 0 Å². The van der Waals surface area contributed by atoms with Crippen molar-refractivity contribution in [3.63, 3.8) is 0 Å². The van der Waals surface area contributed by atoms with Gasteiger partial charge in [-0.1, -0.05) is 133 Å². The topological polar surface area (TPSA) is 70.5 Å². The number of aryl methyl sites for hydroxylation is 2. The fourth-order valence-electron chi connectivity index (χ4n) is 11.7. The van der Waals surface area contributed by atoms with Gasteiger partial charge in [0, 0.05) is 38.4 Å². The maximum Gasteiger partial charge on any atom is 0.197 e. The van der Waals surface area contributed by atoms with E-state index in [1.807, 2.05) is 109 Å². The standard InChI is InChI=1S/C73H43N7/c1-45-24-29-59(46(2)34-45)60-20-10-22-70(79-66-30-25-53(49-14-6-12-47(35-49)43-74)39-61(66)63-41-55(27-32-67(63)79)51-16-8-18-57(37-51)76-3)72(60)73-65(78-5)21-11-23-71(73)80-68-31-26-54(50-15-7-13-48(36-50)44-75)40-62(68)64-42-56(28-33-69(64)80)52-17-9-19-58(38-52)77-4/h6-42H,1-2H3. The first-order chi connectivity index (χ1) is 39.2. The average molecular weight is 1020 g/mol. The molecule has 0 aliphatic carbocycles. The van der Waals surface area contributed by atoms with Crippen molar-refractivity contribution in [1.82, 2.24) is 9.13 Å². The molecule has 0 aliphatic rings. The number of nitriles is 2. The molecule has 0 unspecified atom stereocenters. The molecule has 0 saturated heterocycles. The zero-order valence-corrected chi connectivity index (χ0v) is 43.5. The Labute approximate surface area is 463 Å². The summed E-state index contributed by atoms with van der Waals surface area (Å²) in [4.78, 5) is 11.9. The first-order valence-electron chi connectivity index (χ1n) is 26.1. The molecule has 2 aromatic heterocycles. The molecule has 7 heteroatoms. The highest BCUT2D eigenvalue weighted by Crippen LogP contribution is 2.50. The molecule has 2 heterocycles. The molecule has 0 fully saturated rings. The van der Waals surface area contributed by atoms with Crippen molar-refractivity contribution < 1.29 is 0 Å². The Morgan fingerprint density at radius 2 is 0.750 bits per heavy atom. The predicted octanol–water partition coefficient (Wildman–Crippen LogP) is 19.9. The van der Waals surface area contributed by atoms with Gasteiger partial charge < -0.3 is 9.13 Å². The third-order valence-corrected chi connectivity index (χ3v) is 15.4. The Balaban J connectivity index is 1.14. The van der Waals surface area contributed by atoms with E-state index in [-0.39, 0.29) is 0 Å². The zero-order chi connectivity index (χ0) is 54.6. The van der Waals surface area contributed by atoms with Crippen LogP contribution in [0.25, 0.3) is 136 Å². The van der Waals surface area contributed by atoms with Gasteiger partial charge in [0.25, 0.3) is 0 Å². The summed E-state index contributed by atoms with van der Waals surface area (Å²) >= 11 is 0. The summed E-state index contributed by atoms with van der Waals surface area (Å²) in [6, 6.07) is 80.4. The highest BCUT2D eigenvalue weighted by molar-refractivity contribution is 6.15. The minimum absolute atomic E-state index is 0.482. The Kier molecular flexibility index (Phi) is 11.8. The highest BCUT2D eigenvalue weighted by Gasteiger charge is 2.27. The summed E-state index contributed by atoms with van der Waals surface area (Å²) in [6.45, 7) is 28.9. The van der Waals surface area contributed by atoms with E-state index in [0.29, 0.717) is 28.2 Å². The maximum atomic E-state index is 9.94. The molecular formula is C73H43N7. The van der Waals surface area contributed by atoms with Crippen molar-refractivity contribution in [3.8, 4) is 90.3 Å². The van der Waals surface area contributed by atoms with E-state index in [2.05, 4.69) is 165 Å². The van der Waals surface area contributed by atoms with Crippen LogP contribution < -0.4 is 0 Å². The van der Waals surface area contributed by atoms with Crippen LogP contribution in [0.15, 0.2) is 224 Å². The molecule has 0 aliphatic heterocycles. The number of benzene rings is 11. The quantitative estimate of drug-likeness (QED) is 0.142. The third-order valence-electron chi connectivity index (χ3n) is 15.4. The summed E-state index contributed by atoms with van der Waals surface area (Å²) in [5.74, 6) is 0. The molecule has 13 aromatic rings. The van der Waals surface area contributed by atoms with Gasteiger partial charge in [-0.2, -0.15) is 10.5 Å². The second kappa shape index (κ2) is 19.6. The van der Waals surface area contributed by atoms with Crippen LogP contribution in [-0.2, 0) is 0 Å². The van der Waals surface area contributed by atoms with Gasteiger partial charge in [0.05, 0.1) is 70.7 Å². The number of aromatic nitrogens is 2. The molecule has 0 atom stereocenters. The van der Waals surface area contributed by atoms with Crippen molar-refractivity contribution in [1.29, 1.82) is 10.5 Å². The molecule has 0 radical (unpaired) electrons. The summed E-state index contributed by atoms with van der Waals surface area (Å²) in [5, 5.41) is 23.8. The SMILES string of the molecule is [C-]#[N+]c1cccc(-c2ccc3c(c2)c2cc(-c4cccc(C#N)c4)ccc2n3-c2cccc([N+]#[C-])c2-c2c(-c3ccc(C)cc3C)cccc2-n2c3ccc(-c4cccc(C#N)c4)cc3c3cc(-c4cccc([N+]#[C-])c4)ccc32)c1. The molecule has 370 valence electrons. The summed E-state index contributed by atoms with van der Waals surface area (Å²) < 4.78 is 4.63. The summed E-state index contributed by atoms with van der Waals surface area (Å²) in [5.41, 5.74) is 21.7. The van der Waals surface area contributed by atoms with E-state index in [9.17, 15) is 10.5 Å². The van der Waals surface area contributed by atoms with Gasteiger partial charge in [0.1, 0.15) is 0 Å². The second-order valence-electron chi connectivity index (χ2n) is 20.1. The monoisotopic (exact) mass is 1020 g/mol. The Morgan fingerprint density at radius 3 is 1.18 bits per heavy atom. The van der Waals surface area contributed by atoms with E-state index in [4.69, 9.17) is 19.7 Å². The zero-order valence-electron chi connectivity index (χ0n) is 43.5. The van der Waals surface area contributed by atoms with Gasteiger partial charge in [-0.05, 0) is 172 Å². The second-order valence-corrected chi connectivity index (χ2v) is 20.1. The number of nitrogens with zero attached hydrogens (tertiary/aromatic N) is 7. The van der Waals surface area contributed by atoms with E-state index < -0.39 is 0 Å². The molecule has 0 saturated carbocycles. The van der Waals surface area contributed by atoms with Crippen LogP contribution in [-0.4, -0.2) is 9.13 Å². The molecule has 0 bridgehead atoms. The van der Waals surface area contributed by atoms with Crippen LogP contribution in [0.4, 0.5) is 17.1 Å². The molecule has 7 nitrogen and oxygen atoms in total. The summed E-state index contributed by atoms with van der Waals surface area (Å²) in [7, 11) is 0. The molecule has 0 amide bonds. The average Bonchev–Trinajstić information content (AvgIpc) is 3.76. The predicted molar refractivity (Wildman–Crippen MR) is 325 cm³/mol. The normalized spacial score (nSPS) is 11.1. The number of rotatable bonds is 8. The third kappa shape index (κ3) is 8.11. The van der Waals surface area contributed by atoms with Gasteiger partial charge in [0.2, 0.25) is 0 Å². The molecule has 0 N–H and O–H groups in total. The minimum Gasteiger partial charge on any atom is -0.310 e. The maximum absolute atomic E-state index is 9.94. The Bertz CT molecular complexity index is 4760.